The second kappa shape index (κ2) is 5.98. The van der Waals surface area contributed by atoms with Gasteiger partial charge in [0.2, 0.25) is 0 Å². The lowest BCUT2D eigenvalue weighted by molar-refractivity contribution is -0.141. The molecule has 0 aliphatic carbocycles. The van der Waals surface area contributed by atoms with Crippen molar-refractivity contribution in [2.75, 3.05) is 32.8 Å². The summed E-state index contributed by atoms with van der Waals surface area (Å²) in [6.45, 7) is 6.12. The summed E-state index contributed by atoms with van der Waals surface area (Å²) in [5.41, 5.74) is 0. The third-order valence-electron chi connectivity index (χ3n) is 2.59. The molecule has 0 aromatic carbocycles. The predicted molar refractivity (Wildman–Crippen MR) is 53.3 cm³/mol. The second-order valence-electron chi connectivity index (χ2n) is 3.67. The summed E-state index contributed by atoms with van der Waals surface area (Å²) in [6, 6.07) is 0. The fourth-order valence-electron chi connectivity index (χ4n) is 1.77. The summed E-state index contributed by atoms with van der Waals surface area (Å²) in [5.74, 6) is -0.806. The molecule has 1 rings (SSSR count). The first-order valence-corrected chi connectivity index (χ1v) is 5.27. The second-order valence-corrected chi connectivity index (χ2v) is 3.67. The molecule has 14 heavy (non-hydrogen) atoms. The van der Waals surface area contributed by atoms with Crippen LogP contribution < -0.4 is 0 Å². The average Bonchev–Trinajstić information content (AvgIpc) is 2.61. The summed E-state index contributed by atoms with van der Waals surface area (Å²) >= 11 is 0. The Bertz CT molecular complexity index is 184. The normalized spacial score (nSPS) is 22.8. The molecular weight excluding hydrogens is 182 g/mol. The van der Waals surface area contributed by atoms with Gasteiger partial charge in [-0.15, -0.1) is 0 Å². The fraction of sp³-hybridized carbons (Fsp3) is 0.900. The monoisotopic (exact) mass is 201 g/mol. The number of aliphatic carboxylic acids is 1. The van der Waals surface area contributed by atoms with Crippen molar-refractivity contribution in [1.29, 1.82) is 0 Å². The number of nitrogens with zero attached hydrogens (tertiary/aromatic N) is 1. The highest BCUT2D eigenvalue weighted by molar-refractivity contribution is 5.70. The number of ether oxygens (including phenoxy) is 1. The molecule has 4 heteroatoms. The lowest BCUT2D eigenvalue weighted by Gasteiger charge is -2.14. The first kappa shape index (κ1) is 11.5. The standard InChI is InChI=1S/C10H19NO3/c1-2-14-7-3-5-11-6-4-9(8-11)10(12)13/h9H,2-8H2,1H3,(H,12,13). The first-order chi connectivity index (χ1) is 6.74. The molecule has 1 N–H and O–H groups in total. The van der Waals surface area contributed by atoms with E-state index in [1.807, 2.05) is 6.92 Å². The van der Waals surface area contributed by atoms with E-state index < -0.39 is 5.97 Å². The molecule has 1 atom stereocenters. The Morgan fingerprint density at radius 3 is 3.00 bits per heavy atom. The highest BCUT2D eigenvalue weighted by atomic mass is 16.5. The quantitative estimate of drug-likeness (QED) is 0.646. The van der Waals surface area contributed by atoms with Crippen molar-refractivity contribution < 1.29 is 14.6 Å². The van der Waals surface area contributed by atoms with E-state index in [0.717, 1.165) is 39.1 Å². The van der Waals surface area contributed by atoms with E-state index in [0.29, 0.717) is 6.54 Å². The van der Waals surface area contributed by atoms with E-state index in [-0.39, 0.29) is 5.92 Å². The van der Waals surface area contributed by atoms with E-state index in [9.17, 15) is 4.79 Å². The highest BCUT2D eigenvalue weighted by Gasteiger charge is 2.27. The van der Waals surface area contributed by atoms with Crippen LogP contribution in [0, 0.1) is 5.92 Å². The van der Waals surface area contributed by atoms with Gasteiger partial charge in [-0.1, -0.05) is 0 Å². The largest absolute Gasteiger partial charge is 0.481 e. The molecule has 1 fully saturated rings. The van der Waals surface area contributed by atoms with E-state index in [4.69, 9.17) is 9.84 Å². The molecule has 1 aliphatic heterocycles. The van der Waals surface area contributed by atoms with Crippen molar-refractivity contribution >= 4 is 5.97 Å². The Morgan fingerprint density at radius 2 is 2.43 bits per heavy atom. The van der Waals surface area contributed by atoms with Gasteiger partial charge in [0, 0.05) is 26.3 Å². The number of likely N-dealkylation sites (tertiary alicyclic amines) is 1. The molecule has 4 nitrogen and oxygen atoms in total. The summed E-state index contributed by atoms with van der Waals surface area (Å²) < 4.78 is 5.22. The number of carboxylic acid groups (broad SMARTS) is 1. The third kappa shape index (κ3) is 3.64. The smallest absolute Gasteiger partial charge is 0.307 e. The Morgan fingerprint density at radius 1 is 1.64 bits per heavy atom. The van der Waals surface area contributed by atoms with Crippen LogP contribution in [0.5, 0.6) is 0 Å². The van der Waals surface area contributed by atoms with Gasteiger partial charge in [0.15, 0.2) is 0 Å². The lowest BCUT2D eigenvalue weighted by Crippen LogP contribution is -2.25. The Balaban J connectivity index is 2.07. The van der Waals surface area contributed by atoms with Gasteiger partial charge in [-0.25, -0.2) is 0 Å². The molecule has 0 amide bonds. The minimum absolute atomic E-state index is 0.151. The van der Waals surface area contributed by atoms with Crippen LogP contribution in [0.15, 0.2) is 0 Å². The van der Waals surface area contributed by atoms with Crippen molar-refractivity contribution in [3.05, 3.63) is 0 Å². The van der Waals surface area contributed by atoms with Gasteiger partial charge in [-0.2, -0.15) is 0 Å². The van der Waals surface area contributed by atoms with Gasteiger partial charge >= 0.3 is 5.97 Å². The van der Waals surface area contributed by atoms with Gasteiger partial charge < -0.3 is 14.7 Å². The Hall–Kier alpha value is -0.610. The van der Waals surface area contributed by atoms with Gasteiger partial charge in [-0.05, 0) is 26.3 Å². The summed E-state index contributed by atoms with van der Waals surface area (Å²) in [5, 5.41) is 8.79. The van der Waals surface area contributed by atoms with Gasteiger partial charge in [0.05, 0.1) is 5.92 Å². The van der Waals surface area contributed by atoms with Crippen LogP contribution in [-0.4, -0.2) is 48.8 Å². The lowest BCUT2D eigenvalue weighted by atomic mass is 10.1. The summed E-state index contributed by atoms with van der Waals surface area (Å²) in [4.78, 5) is 12.9. The number of carboxylic acids is 1. The molecule has 0 saturated carbocycles. The average molecular weight is 201 g/mol. The highest BCUT2D eigenvalue weighted by Crippen LogP contribution is 2.16. The van der Waals surface area contributed by atoms with Crippen molar-refractivity contribution in [2.45, 2.75) is 19.8 Å². The maximum absolute atomic E-state index is 10.7. The van der Waals surface area contributed by atoms with Gasteiger partial charge in [0.25, 0.3) is 0 Å². The minimum Gasteiger partial charge on any atom is -0.481 e. The van der Waals surface area contributed by atoms with Crippen LogP contribution in [0.25, 0.3) is 0 Å². The summed E-state index contributed by atoms with van der Waals surface area (Å²) in [6.07, 6.45) is 1.80. The zero-order valence-corrected chi connectivity index (χ0v) is 8.74. The number of carbonyl (C=O) groups is 1. The molecule has 1 heterocycles. The van der Waals surface area contributed by atoms with E-state index in [1.54, 1.807) is 0 Å². The van der Waals surface area contributed by atoms with Crippen LogP contribution in [0.2, 0.25) is 0 Å². The topological polar surface area (TPSA) is 49.8 Å². The molecule has 0 aromatic heterocycles. The van der Waals surface area contributed by atoms with Crippen molar-refractivity contribution in [3.8, 4) is 0 Å². The minimum atomic E-state index is -0.655. The number of hydrogen-bond donors (Lipinski definition) is 1. The Labute approximate surface area is 84.8 Å². The SMILES string of the molecule is CCOCCCN1CCC(C(=O)O)C1. The van der Waals surface area contributed by atoms with Crippen molar-refractivity contribution in [1.82, 2.24) is 4.90 Å². The first-order valence-electron chi connectivity index (χ1n) is 5.27. The van der Waals surface area contributed by atoms with Crippen molar-refractivity contribution in [3.63, 3.8) is 0 Å². The van der Waals surface area contributed by atoms with Crippen LogP contribution in [-0.2, 0) is 9.53 Å². The van der Waals surface area contributed by atoms with Gasteiger partial charge in [-0.3, -0.25) is 4.79 Å². The predicted octanol–water partition coefficient (Wildman–Crippen LogP) is 0.820. The molecule has 0 bridgehead atoms. The molecule has 1 aliphatic rings. The Kier molecular flexibility index (Phi) is 4.90. The van der Waals surface area contributed by atoms with Crippen LogP contribution in [0.1, 0.15) is 19.8 Å². The van der Waals surface area contributed by atoms with Crippen LogP contribution >= 0.6 is 0 Å². The maximum atomic E-state index is 10.7. The van der Waals surface area contributed by atoms with Gasteiger partial charge in [0.1, 0.15) is 0 Å². The zero-order valence-electron chi connectivity index (χ0n) is 8.74. The fourth-order valence-corrected chi connectivity index (χ4v) is 1.77. The molecule has 1 saturated heterocycles. The molecule has 0 aromatic rings. The molecular formula is C10H19NO3. The van der Waals surface area contributed by atoms with Crippen LogP contribution in [0.3, 0.4) is 0 Å². The van der Waals surface area contributed by atoms with E-state index in [2.05, 4.69) is 4.90 Å². The number of rotatable bonds is 6. The number of hydrogen-bond acceptors (Lipinski definition) is 3. The third-order valence-corrected chi connectivity index (χ3v) is 2.59. The zero-order chi connectivity index (χ0) is 10.4. The molecule has 0 spiro atoms. The molecule has 0 radical (unpaired) electrons. The van der Waals surface area contributed by atoms with E-state index >= 15 is 0 Å². The summed E-state index contributed by atoms with van der Waals surface area (Å²) in [7, 11) is 0. The maximum Gasteiger partial charge on any atom is 0.307 e. The van der Waals surface area contributed by atoms with Crippen molar-refractivity contribution in [2.24, 2.45) is 5.92 Å². The van der Waals surface area contributed by atoms with Crippen LogP contribution in [0.4, 0.5) is 0 Å². The molecule has 82 valence electrons. The van der Waals surface area contributed by atoms with E-state index in [1.165, 1.54) is 0 Å². The molecule has 1 unspecified atom stereocenters.